The smallest absolute Gasteiger partial charge is 0.123 e. The Morgan fingerprint density at radius 1 is 1.22 bits per heavy atom. The minimum atomic E-state index is 0.428. The Hall–Kier alpha value is -0.0200. The molecule has 1 nitrogen and oxygen atoms in total. The van der Waals surface area contributed by atoms with E-state index in [4.69, 9.17) is 4.74 Å². The minimum absolute atomic E-state index is 0.428. The van der Waals surface area contributed by atoms with Crippen LogP contribution < -0.4 is 4.74 Å². The summed E-state index contributed by atoms with van der Waals surface area (Å²) in [4.78, 5) is 0.428. The highest BCUT2D eigenvalue weighted by Crippen LogP contribution is 2.59. The maximum Gasteiger partial charge on any atom is 0.123 e. The van der Waals surface area contributed by atoms with Crippen LogP contribution in [0.5, 0.6) is 5.75 Å². The zero-order chi connectivity index (χ0) is 12.9. The summed E-state index contributed by atoms with van der Waals surface area (Å²) in [5.41, 5.74) is 2.52. The van der Waals surface area contributed by atoms with E-state index in [1.165, 1.54) is 34.9 Å². The van der Waals surface area contributed by atoms with Gasteiger partial charge in [0, 0.05) is 14.9 Å². The van der Waals surface area contributed by atoms with E-state index in [-0.39, 0.29) is 0 Å². The van der Waals surface area contributed by atoms with Crippen molar-refractivity contribution < 1.29 is 4.74 Å². The number of hydrogen-bond acceptors (Lipinski definition) is 1. The van der Waals surface area contributed by atoms with Crippen molar-refractivity contribution in [3.05, 3.63) is 27.7 Å². The molecule has 0 spiro atoms. The van der Waals surface area contributed by atoms with Gasteiger partial charge in [0.1, 0.15) is 5.75 Å². The first-order valence-electron chi connectivity index (χ1n) is 6.58. The number of fused-ring (bicyclic) bond motifs is 1. The Balaban J connectivity index is 1.87. The lowest BCUT2D eigenvalue weighted by molar-refractivity contribution is 0.399. The fourth-order valence-electron chi connectivity index (χ4n) is 3.32. The number of ether oxygens (including phenoxy) is 1. The Morgan fingerprint density at radius 2 is 1.89 bits per heavy atom. The highest BCUT2D eigenvalue weighted by molar-refractivity contribution is 9.10. The van der Waals surface area contributed by atoms with Crippen LogP contribution in [0.3, 0.4) is 0 Å². The lowest BCUT2D eigenvalue weighted by Gasteiger charge is -2.22. The summed E-state index contributed by atoms with van der Waals surface area (Å²) in [6.07, 6.45) is 4.25. The largest absolute Gasteiger partial charge is 0.496 e. The minimum Gasteiger partial charge on any atom is -0.496 e. The third kappa shape index (κ3) is 2.24. The van der Waals surface area contributed by atoms with E-state index in [1.54, 1.807) is 7.11 Å². The zero-order valence-corrected chi connectivity index (χ0v) is 13.9. The van der Waals surface area contributed by atoms with Crippen LogP contribution >= 0.6 is 31.9 Å². The summed E-state index contributed by atoms with van der Waals surface area (Å²) in [5.74, 6) is 3.83. The van der Waals surface area contributed by atoms with Gasteiger partial charge in [-0.3, -0.25) is 0 Å². The monoisotopic (exact) mass is 372 g/mol. The second-order valence-electron chi connectivity index (χ2n) is 5.73. The molecule has 3 unspecified atom stereocenters. The average molecular weight is 374 g/mol. The molecular formula is C15H18Br2O. The zero-order valence-electron chi connectivity index (χ0n) is 10.7. The summed E-state index contributed by atoms with van der Waals surface area (Å²) in [6.45, 7) is 2.10. The third-order valence-electron chi connectivity index (χ3n) is 4.50. The van der Waals surface area contributed by atoms with Gasteiger partial charge >= 0.3 is 0 Å². The van der Waals surface area contributed by atoms with Gasteiger partial charge in [-0.15, -0.1) is 0 Å². The second-order valence-corrected chi connectivity index (χ2v) is 7.57. The number of alkyl halides is 1. The molecule has 0 N–H and O–H groups in total. The number of hydrogen-bond donors (Lipinski definition) is 0. The molecule has 0 amide bonds. The van der Waals surface area contributed by atoms with E-state index in [2.05, 4.69) is 50.9 Å². The van der Waals surface area contributed by atoms with E-state index >= 15 is 0 Å². The Bertz CT molecular complexity index is 462. The first-order chi connectivity index (χ1) is 8.60. The van der Waals surface area contributed by atoms with Crippen molar-refractivity contribution in [2.24, 2.45) is 17.8 Å². The van der Waals surface area contributed by atoms with Gasteiger partial charge in [-0.05, 0) is 61.6 Å². The molecule has 3 atom stereocenters. The van der Waals surface area contributed by atoms with E-state index in [1.807, 2.05) is 0 Å². The van der Waals surface area contributed by atoms with Gasteiger partial charge in [-0.2, -0.15) is 0 Å². The van der Waals surface area contributed by atoms with Crippen LogP contribution in [0.25, 0.3) is 0 Å². The predicted molar refractivity (Wildman–Crippen MR) is 81.4 cm³/mol. The van der Waals surface area contributed by atoms with Gasteiger partial charge in [0.25, 0.3) is 0 Å². The Kier molecular flexibility index (Phi) is 3.48. The van der Waals surface area contributed by atoms with Gasteiger partial charge in [-0.1, -0.05) is 31.9 Å². The van der Waals surface area contributed by atoms with Crippen molar-refractivity contribution in [2.75, 3.05) is 7.11 Å². The maximum absolute atomic E-state index is 5.55. The summed E-state index contributed by atoms with van der Waals surface area (Å²) in [6, 6.07) is 4.35. The maximum atomic E-state index is 5.55. The molecule has 0 bridgehead atoms. The van der Waals surface area contributed by atoms with Crippen LogP contribution in [0, 0.1) is 24.7 Å². The van der Waals surface area contributed by atoms with Crippen molar-refractivity contribution in [3.63, 3.8) is 0 Å². The summed E-state index contributed by atoms with van der Waals surface area (Å²) in [7, 11) is 1.76. The molecule has 2 saturated carbocycles. The van der Waals surface area contributed by atoms with Crippen LogP contribution in [-0.4, -0.2) is 7.11 Å². The molecular weight excluding hydrogens is 356 g/mol. The molecule has 0 radical (unpaired) electrons. The Morgan fingerprint density at radius 3 is 2.50 bits per heavy atom. The van der Waals surface area contributed by atoms with Crippen molar-refractivity contribution in [3.8, 4) is 5.75 Å². The van der Waals surface area contributed by atoms with Crippen LogP contribution in [0.1, 0.15) is 35.2 Å². The van der Waals surface area contributed by atoms with E-state index in [9.17, 15) is 0 Å². The van der Waals surface area contributed by atoms with Crippen LogP contribution in [0.15, 0.2) is 16.6 Å². The molecule has 98 valence electrons. The number of aryl methyl sites for hydroxylation is 1. The van der Waals surface area contributed by atoms with Crippen molar-refractivity contribution in [1.29, 1.82) is 0 Å². The molecule has 3 rings (SSSR count). The standard InChI is InChI=1S/C15H18Br2O/c1-8-3-14(18-2)12(7-13(8)16)15(17)11-5-9-4-10(9)6-11/h3,7,9-11,15H,4-6H2,1-2H3. The SMILES string of the molecule is COc1cc(C)c(Br)cc1C(Br)C1CC2CC2C1. The van der Waals surface area contributed by atoms with Gasteiger partial charge in [-0.25, -0.2) is 0 Å². The quantitative estimate of drug-likeness (QED) is 0.657. The molecule has 2 fully saturated rings. The van der Waals surface area contributed by atoms with Crippen LogP contribution in [0.2, 0.25) is 0 Å². The summed E-state index contributed by atoms with van der Waals surface area (Å²) < 4.78 is 6.72. The molecule has 1 aromatic carbocycles. The van der Waals surface area contributed by atoms with E-state index in [0.717, 1.165) is 23.5 Å². The molecule has 0 aliphatic heterocycles. The number of rotatable bonds is 3. The van der Waals surface area contributed by atoms with E-state index in [0.29, 0.717) is 4.83 Å². The molecule has 0 saturated heterocycles. The van der Waals surface area contributed by atoms with Gasteiger partial charge < -0.3 is 4.74 Å². The third-order valence-corrected chi connectivity index (χ3v) is 6.60. The first kappa shape index (κ1) is 13.0. The van der Waals surface area contributed by atoms with Gasteiger partial charge in [0.2, 0.25) is 0 Å². The number of halogens is 2. The summed E-state index contributed by atoms with van der Waals surface area (Å²) >= 11 is 7.54. The van der Waals surface area contributed by atoms with Gasteiger partial charge in [0.05, 0.1) is 7.11 Å². The Labute approximate surface area is 126 Å². The lowest BCUT2D eigenvalue weighted by Crippen LogP contribution is -2.07. The molecule has 2 aliphatic carbocycles. The predicted octanol–water partition coefficient (Wildman–Crippen LogP) is 5.25. The number of methoxy groups -OCH3 is 1. The van der Waals surface area contributed by atoms with Crippen molar-refractivity contribution >= 4 is 31.9 Å². The van der Waals surface area contributed by atoms with Crippen LogP contribution in [-0.2, 0) is 0 Å². The molecule has 0 aromatic heterocycles. The first-order valence-corrected chi connectivity index (χ1v) is 8.29. The molecule has 2 aliphatic rings. The highest BCUT2D eigenvalue weighted by Gasteiger charge is 2.47. The van der Waals surface area contributed by atoms with E-state index < -0.39 is 0 Å². The normalized spacial score (nSPS) is 31.0. The van der Waals surface area contributed by atoms with Crippen molar-refractivity contribution in [1.82, 2.24) is 0 Å². The lowest BCUT2D eigenvalue weighted by atomic mass is 9.93. The molecule has 18 heavy (non-hydrogen) atoms. The molecule has 3 heteroatoms. The number of benzene rings is 1. The fourth-order valence-corrected chi connectivity index (χ4v) is 4.47. The topological polar surface area (TPSA) is 9.23 Å². The average Bonchev–Trinajstić information content (AvgIpc) is 2.98. The highest BCUT2D eigenvalue weighted by atomic mass is 79.9. The molecule has 1 aromatic rings. The van der Waals surface area contributed by atoms with Gasteiger partial charge in [0.15, 0.2) is 0 Å². The summed E-state index contributed by atoms with van der Waals surface area (Å²) in [5, 5.41) is 0. The fraction of sp³-hybridized carbons (Fsp3) is 0.600. The second kappa shape index (κ2) is 4.82. The van der Waals surface area contributed by atoms with Crippen LogP contribution in [0.4, 0.5) is 0 Å². The van der Waals surface area contributed by atoms with Crippen molar-refractivity contribution in [2.45, 2.75) is 31.0 Å². The molecule has 0 heterocycles.